The third kappa shape index (κ3) is 6.56. The number of pyridine rings is 2. The number of para-hydroxylation sites is 2. The lowest BCUT2D eigenvalue weighted by Gasteiger charge is -2.11. The zero-order valence-electron chi connectivity index (χ0n) is 23.0. The van der Waals surface area contributed by atoms with Crippen LogP contribution in [0.3, 0.4) is 0 Å². The third-order valence-electron chi connectivity index (χ3n) is 6.20. The number of aromatic nitrogens is 8. The average molecular weight is 621 g/mol. The lowest BCUT2D eigenvalue weighted by molar-refractivity contribution is 0.217. The highest BCUT2D eigenvalue weighted by molar-refractivity contribution is 7.71. The molecule has 0 amide bonds. The van der Waals surface area contributed by atoms with Gasteiger partial charge in [-0.3, -0.25) is 9.97 Å². The number of ether oxygens (including phenoxy) is 2. The van der Waals surface area contributed by atoms with Gasteiger partial charge in [-0.25, -0.2) is 10.2 Å². The smallest absolute Gasteiger partial charge is 0.216 e. The summed E-state index contributed by atoms with van der Waals surface area (Å²) in [5.74, 6) is 2.39. The molecule has 0 unspecified atom stereocenters. The van der Waals surface area contributed by atoms with Crippen LogP contribution in [-0.2, 0) is 0 Å². The quantitative estimate of drug-likeness (QED) is 0.109. The summed E-state index contributed by atoms with van der Waals surface area (Å²) in [5, 5.41) is 23.2. The Balaban J connectivity index is 1.12. The first-order valence-electron chi connectivity index (χ1n) is 13.4. The third-order valence-corrected chi connectivity index (χ3v) is 6.73. The van der Waals surface area contributed by atoms with Crippen molar-refractivity contribution in [3.63, 3.8) is 0 Å². The molecule has 0 saturated heterocycles. The van der Waals surface area contributed by atoms with Crippen LogP contribution in [0, 0.1) is 9.54 Å². The molecule has 0 radical (unpaired) electrons. The first-order chi connectivity index (χ1) is 21.7. The Morgan fingerprint density at radius 3 is 1.52 bits per heavy atom. The molecule has 6 aromatic rings. The first kappa shape index (κ1) is 28.5. The van der Waals surface area contributed by atoms with E-state index in [2.05, 4.69) is 40.6 Å². The van der Waals surface area contributed by atoms with E-state index in [4.69, 9.17) is 33.9 Å². The van der Waals surface area contributed by atoms with E-state index in [9.17, 15) is 0 Å². The Hall–Kier alpha value is -5.60. The molecule has 2 aromatic carbocycles. The maximum absolute atomic E-state index is 6.06. The van der Waals surface area contributed by atoms with E-state index < -0.39 is 0 Å². The number of benzene rings is 2. The summed E-state index contributed by atoms with van der Waals surface area (Å²) in [6.07, 6.45) is 10.1. The van der Waals surface area contributed by atoms with Gasteiger partial charge in [-0.15, -0.1) is 0 Å². The van der Waals surface area contributed by atoms with E-state index in [-0.39, 0.29) is 0 Å². The van der Waals surface area contributed by atoms with Crippen LogP contribution in [0.1, 0.15) is 11.1 Å². The summed E-state index contributed by atoms with van der Waals surface area (Å²) < 4.78 is 15.9. The average Bonchev–Trinajstić information content (AvgIpc) is 3.63. The number of hydrogen-bond donors (Lipinski definition) is 2. The van der Waals surface area contributed by atoms with E-state index in [1.807, 2.05) is 72.8 Å². The van der Waals surface area contributed by atoms with E-state index in [1.54, 1.807) is 46.6 Å². The Bertz CT molecular complexity index is 1890. The molecule has 2 N–H and O–H groups in total. The fourth-order valence-electron chi connectivity index (χ4n) is 4.14. The van der Waals surface area contributed by atoms with E-state index >= 15 is 0 Å². The van der Waals surface area contributed by atoms with Crippen LogP contribution in [0.25, 0.3) is 22.8 Å². The normalized spacial score (nSPS) is 11.4. The highest BCUT2D eigenvalue weighted by Crippen LogP contribution is 2.20. The summed E-state index contributed by atoms with van der Waals surface area (Å²) >= 11 is 10.8. The van der Waals surface area contributed by atoms with Crippen LogP contribution in [0.5, 0.6) is 11.5 Å². The molecule has 0 atom stereocenters. The summed E-state index contributed by atoms with van der Waals surface area (Å²) in [7, 11) is 0. The molecule has 218 valence electrons. The van der Waals surface area contributed by atoms with Gasteiger partial charge in [0.05, 0.1) is 12.4 Å². The van der Waals surface area contributed by atoms with Gasteiger partial charge in [0.25, 0.3) is 0 Å². The summed E-state index contributed by atoms with van der Waals surface area (Å²) in [5.41, 5.74) is 3.10. The van der Waals surface area contributed by atoms with Crippen molar-refractivity contribution in [3.05, 3.63) is 118 Å². The molecule has 0 spiro atoms. The van der Waals surface area contributed by atoms with Crippen LogP contribution in [0.15, 0.2) is 108 Å². The fourth-order valence-corrected chi connectivity index (χ4v) is 4.50. The zero-order chi connectivity index (χ0) is 30.1. The van der Waals surface area contributed by atoms with Crippen molar-refractivity contribution in [2.24, 2.45) is 10.2 Å². The van der Waals surface area contributed by atoms with Crippen molar-refractivity contribution >= 4 is 36.9 Å². The summed E-state index contributed by atoms with van der Waals surface area (Å²) in [4.78, 5) is 8.30. The second-order valence-corrected chi connectivity index (χ2v) is 9.85. The number of H-pyrrole nitrogens is 2. The molecule has 4 aromatic heterocycles. The second kappa shape index (κ2) is 13.6. The molecule has 0 saturated carbocycles. The highest BCUT2D eigenvalue weighted by Gasteiger charge is 2.10. The van der Waals surface area contributed by atoms with E-state index in [1.165, 1.54) is 0 Å². The SMILES string of the molecule is S=c1[nH]nc(-c2cccnc2)n1/N=C/c1ccccc1OCCOc1ccccc1/C=N/n1c(-c2cccnc2)n[nH]c1=S. The Kier molecular flexibility index (Phi) is 8.80. The lowest BCUT2D eigenvalue weighted by atomic mass is 10.2. The van der Waals surface area contributed by atoms with Crippen LogP contribution < -0.4 is 9.47 Å². The lowest BCUT2D eigenvalue weighted by Crippen LogP contribution is -2.11. The van der Waals surface area contributed by atoms with Crippen molar-refractivity contribution in [2.75, 3.05) is 13.2 Å². The van der Waals surface area contributed by atoms with Crippen molar-refractivity contribution in [1.29, 1.82) is 0 Å². The molecule has 0 fully saturated rings. The van der Waals surface area contributed by atoms with Gasteiger partial charge >= 0.3 is 0 Å². The molecular weight excluding hydrogens is 597 g/mol. The van der Waals surface area contributed by atoms with Crippen molar-refractivity contribution in [3.8, 4) is 34.3 Å². The number of aromatic amines is 2. The Morgan fingerprint density at radius 2 is 1.09 bits per heavy atom. The van der Waals surface area contributed by atoms with Crippen molar-refractivity contribution in [2.45, 2.75) is 0 Å². The van der Waals surface area contributed by atoms with Crippen molar-refractivity contribution < 1.29 is 9.47 Å². The van der Waals surface area contributed by atoms with Gasteiger partial charge in [0.1, 0.15) is 24.7 Å². The predicted octanol–water partition coefficient (Wildman–Crippen LogP) is 5.54. The van der Waals surface area contributed by atoms with Gasteiger partial charge in [0.2, 0.25) is 9.54 Å². The summed E-state index contributed by atoms with van der Waals surface area (Å²) in [6.45, 7) is 0.584. The molecule has 44 heavy (non-hydrogen) atoms. The molecular formula is C30H24N10O2S2. The van der Waals surface area contributed by atoms with E-state index in [0.717, 1.165) is 22.3 Å². The molecule has 0 aliphatic rings. The van der Waals surface area contributed by atoms with Crippen LogP contribution >= 0.6 is 24.4 Å². The molecule has 4 heterocycles. The van der Waals surface area contributed by atoms with Gasteiger partial charge in [-0.05, 0) is 73.0 Å². The van der Waals surface area contributed by atoms with Gasteiger partial charge < -0.3 is 9.47 Å². The number of nitrogens with zero attached hydrogens (tertiary/aromatic N) is 8. The maximum atomic E-state index is 6.06. The molecule has 0 bridgehead atoms. The van der Waals surface area contributed by atoms with Gasteiger partial charge in [0, 0.05) is 47.0 Å². The maximum Gasteiger partial charge on any atom is 0.216 e. The Labute approximate surface area is 261 Å². The number of nitrogens with one attached hydrogen (secondary N) is 2. The predicted molar refractivity (Wildman–Crippen MR) is 171 cm³/mol. The summed E-state index contributed by atoms with van der Waals surface area (Å²) in [6, 6.07) is 22.6. The van der Waals surface area contributed by atoms with Gasteiger partial charge in [-0.2, -0.15) is 29.8 Å². The first-order valence-corrected chi connectivity index (χ1v) is 14.2. The minimum absolute atomic E-state index is 0.292. The molecule has 14 heteroatoms. The monoisotopic (exact) mass is 620 g/mol. The van der Waals surface area contributed by atoms with Crippen LogP contribution in [-0.4, -0.2) is 65.4 Å². The van der Waals surface area contributed by atoms with Crippen LogP contribution in [0.4, 0.5) is 0 Å². The van der Waals surface area contributed by atoms with E-state index in [0.29, 0.717) is 45.9 Å². The van der Waals surface area contributed by atoms with Crippen LogP contribution in [0.2, 0.25) is 0 Å². The minimum Gasteiger partial charge on any atom is -0.489 e. The zero-order valence-corrected chi connectivity index (χ0v) is 24.7. The molecule has 0 aliphatic heterocycles. The molecule has 6 rings (SSSR count). The second-order valence-electron chi connectivity index (χ2n) is 9.07. The topological polar surface area (TPSA) is 136 Å². The van der Waals surface area contributed by atoms with Crippen molar-refractivity contribution in [1.82, 2.24) is 39.7 Å². The largest absolute Gasteiger partial charge is 0.489 e. The van der Waals surface area contributed by atoms with Gasteiger partial charge in [-0.1, -0.05) is 24.3 Å². The standard InChI is InChI=1S/C30H24N10O2S2/c43-29-37-35-27(23-9-5-13-31-17-23)39(29)33-19-21-7-1-3-11-25(21)41-15-16-42-26-12-4-2-8-22(26)20-34-40-28(36-38-30(40)44)24-10-6-14-32-18-24/h1-14,17-20H,15-16H2,(H,37,43)(H,38,44)/b33-19+,34-20+. The highest BCUT2D eigenvalue weighted by atomic mass is 32.1. The minimum atomic E-state index is 0.292. The number of rotatable bonds is 11. The van der Waals surface area contributed by atoms with Gasteiger partial charge in [0.15, 0.2) is 11.6 Å². The molecule has 0 aliphatic carbocycles. The molecule has 12 nitrogen and oxygen atoms in total. The Morgan fingerprint density at radius 1 is 0.636 bits per heavy atom. The fraction of sp³-hybridized carbons (Fsp3) is 0.0667. The number of hydrogen-bond acceptors (Lipinski definition) is 10.